The molecular weight excluding hydrogens is 266 g/mol. The van der Waals surface area contributed by atoms with E-state index in [-0.39, 0.29) is 4.66 Å². The van der Waals surface area contributed by atoms with Crippen molar-refractivity contribution in [1.29, 1.82) is 0 Å². The topological polar surface area (TPSA) is 46.2 Å². The molecule has 0 unspecified atom stereocenters. The highest BCUT2D eigenvalue weighted by Crippen LogP contribution is 2.15. The maximum atomic E-state index is 11.2. The lowest BCUT2D eigenvalue weighted by Crippen LogP contribution is -2.13. The maximum absolute atomic E-state index is 11.2. The Morgan fingerprint density at radius 2 is 1.71 bits per heavy atom. The minimum Gasteiger partial charge on any atom is -0.283 e. The Morgan fingerprint density at radius 3 is 2.14 bits per heavy atom. The molecule has 1 aromatic carbocycles. The highest BCUT2D eigenvalue weighted by Gasteiger charge is 2.07. The lowest BCUT2D eigenvalue weighted by Gasteiger charge is -2.07. The lowest BCUT2D eigenvalue weighted by molar-refractivity contribution is 0.606. The normalized spacial score (nSPS) is 11.4. The van der Waals surface area contributed by atoms with E-state index >= 15 is 0 Å². The molecule has 0 atom stereocenters. The first-order chi connectivity index (χ1) is 6.43. The average molecular weight is 278 g/mol. The summed E-state index contributed by atoms with van der Waals surface area (Å²) in [6, 6.07) is 5.59. The number of alkyl halides is 1. The second kappa shape index (κ2) is 4.31. The van der Waals surface area contributed by atoms with Crippen molar-refractivity contribution in [1.82, 2.24) is 0 Å². The second-order valence-corrected chi connectivity index (χ2v) is 6.23. The molecule has 1 rings (SSSR count). The zero-order chi connectivity index (χ0) is 10.8. The summed E-state index contributed by atoms with van der Waals surface area (Å²) in [6.45, 7) is 3.86. The summed E-state index contributed by atoms with van der Waals surface area (Å²) >= 11 is 2.91. The highest BCUT2D eigenvalue weighted by molar-refractivity contribution is 9.10. The fourth-order valence-corrected chi connectivity index (χ4v) is 2.12. The summed E-state index contributed by atoms with van der Waals surface area (Å²) in [5.41, 5.74) is 2.69. The van der Waals surface area contributed by atoms with Crippen molar-refractivity contribution < 1.29 is 8.42 Å². The number of rotatable bonds is 3. The molecule has 0 heterocycles. The van der Waals surface area contributed by atoms with Gasteiger partial charge >= 0.3 is 0 Å². The summed E-state index contributed by atoms with van der Waals surface area (Å²) in [4.78, 5) is 0. The van der Waals surface area contributed by atoms with Gasteiger partial charge in [-0.2, -0.15) is 0 Å². The number of hydrogen-bond acceptors (Lipinski definition) is 2. The Kier molecular flexibility index (Phi) is 3.55. The molecule has 3 nitrogen and oxygen atoms in total. The molecule has 1 aromatic rings. The molecule has 78 valence electrons. The van der Waals surface area contributed by atoms with Crippen LogP contribution in [0.1, 0.15) is 11.1 Å². The number of benzene rings is 1. The van der Waals surface area contributed by atoms with Gasteiger partial charge in [0.15, 0.2) is 0 Å². The highest BCUT2D eigenvalue weighted by atomic mass is 79.9. The molecule has 5 heteroatoms. The molecule has 0 fully saturated rings. The van der Waals surface area contributed by atoms with Crippen LogP contribution in [0.25, 0.3) is 0 Å². The first kappa shape index (κ1) is 11.5. The minimum atomic E-state index is -3.24. The standard InChI is InChI=1S/C9H12BrNO2S/c1-7-3-8(2)5-9(4-7)11-14(12,13)6-10/h3-5,11H,6H2,1-2H3. The van der Waals surface area contributed by atoms with E-state index in [1.165, 1.54) is 0 Å². The van der Waals surface area contributed by atoms with Gasteiger partial charge in [-0.05, 0) is 37.1 Å². The van der Waals surface area contributed by atoms with Crippen molar-refractivity contribution in [2.45, 2.75) is 13.8 Å². The number of aryl methyl sites for hydroxylation is 2. The van der Waals surface area contributed by atoms with Gasteiger partial charge in [-0.3, -0.25) is 4.72 Å². The van der Waals surface area contributed by atoms with Gasteiger partial charge in [-0.15, -0.1) is 0 Å². The van der Waals surface area contributed by atoms with E-state index in [1.54, 1.807) is 12.1 Å². The molecule has 0 radical (unpaired) electrons. The maximum Gasteiger partial charge on any atom is 0.242 e. The van der Waals surface area contributed by atoms with Gasteiger partial charge < -0.3 is 0 Å². The molecule has 0 aromatic heterocycles. The average Bonchev–Trinajstić information content (AvgIpc) is 2.01. The van der Waals surface area contributed by atoms with E-state index in [1.807, 2.05) is 19.9 Å². The first-order valence-electron chi connectivity index (χ1n) is 4.08. The third kappa shape index (κ3) is 3.31. The van der Waals surface area contributed by atoms with Crippen LogP contribution in [-0.4, -0.2) is 13.1 Å². The van der Waals surface area contributed by atoms with Crippen LogP contribution in [-0.2, 0) is 10.0 Å². The summed E-state index contributed by atoms with van der Waals surface area (Å²) in [6.07, 6.45) is 0. The number of nitrogens with one attached hydrogen (secondary N) is 1. The van der Waals surface area contributed by atoms with E-state index in [0.29, 0.717) is 5.69 Å². The molecule has 0 aliphatic carbocycles. The minimum absolute atomic E-state index is 0.0903. The molecule has 1 N–H and O–H groups in total. The Labute approximate surface area is 92.7 Å². The Hall–Kier alpha value is -0.550. The Balaban J connectivity index is 2.98. The van der Waals surface area contributed by atoms with Crippen LogP contribution >= 0.6 is 15.9 Å². The summed E-state index contributed by atoms with van der Waals surface area (Å²) in [5.74, 6) is 0. The Morgan fingerprint density at radius 1 is 1.21 bits per heavy atom. The first-order valence-corrected chi connectivity index (χ1v) is 6.85. The SMILES string of the molecule is Cc1cc(C)cc(NS(=O)(=O)CBr)c1. The molecule has 0 bridgehead atoms. The monoisotopic (exact) mass is 277 g/mol. The molecule has 0 spiro atoms. The van der Waals surface area contributed by atoms with Crippen molar-refractivity contribution in [3.8, 4) is 0 Å². The van der Waals surface area contributed by atoms with Crippen LogP contribution < -0.4 is 4.72 Å². The van der Waals surface area contributed by atoms with E-state index in [2.05, 4.69) is 20.7 Å². The van der Waals surface area contributed by atoms with Crippen LogP contribution in [0.3, 0.4) is 0 Å². The zero-order valence-electron chi connectivity index (χ0n) is 8.04. The van der Waals surface area contributed by atoms with Crippen LogP contribution in [0, 0.1) is 13.8 Å². The quantitative estimate of drug-likeness (QED) is 0.863. The van der Waals surface area contributed by atoms with Gasteiger partial charge in [0.2, 0.25) is 10.0 Å². The molecule has 0 aliphatic heterocycles. The van der Waals surface area contributed by atoms with Gasteiger partial charge in [0, 0.05) is 5.69 Å². The van der Waals surface area contributed by atoms with E-state index in [0.717, 1.165) is 11.1 Å². The second-order valence-electron chi connectivity index (χ2n) is 3.20. The Bertz CT molecular complexity index is 408. The number of anilines is 1. The van der Waals surface area contributed by atoms with E-state index in [4.69, 9.17) is 0 Å². The fourth-order valence-electron chi connectivity index (χ4n) is 1.24. The van der Waals surface area contributed by atoms with Crippen LogP contribution in [0.2, 0.25) is 0 Å². The molecule has 0 saturated carbocycles. The summed E-state index contributed by atoms with van der Waals surface area (Å²) in [7, 11) is -3.24. The van der Waals surface area contributed by atoms with Crippen molar-refractivity contribution in [2.75, 3.05) is 9.38 Å². The van der Waals surface area contributed by atoms with Crippen LogP contribution in [0.15, 0.2) is 18.2 Å². The third-order valence-electron chi connectivity index (χ3n) is 1.64. The molecule has 0 amide bonds. The predicted octanol–water partition coefficient (Wildman–Crippen LogP) is 2.40. The summed E-state index contributed by atoms with van der Waals surface area (Å²) < 4.78 is 24.9. The largest absolute Gasteiger partial charge is 0.283 e. The molecule has 0 saturated heterocycles. The predicted molar refractivity (Wildman–Crippen MR) is 62.3 cm³/mol. The van der Waals surface area contributed by atoms with Gasteiger partial charge in [-0.25, -0.2) is 8.42 Å². The van der Waals surface area contributed by atoms with E-state index in [9.17, 15) is 8.42 Å². The molecule has 14 heavy (non-hydrogen) atoms. The van der Waals surface area contributed by atoms with Crippen LogP contribution in [0.4, 0.5) is 5.69 Å². The number of hydrogen-bond donors (Lipinski definition) is 1. The third-order valence-corrected chi connectivity index (χ3v) is 4.28. The zero-order valence-corrected chi connectivity index (χ0v) is 10.4. The number of sulfonamides is 1. The lowest BCUT2D eigenvalue weighted by atomic mass is 10.1. The van der Waals surface area contributed by atoms with Crippen molar-refractivity contribution >= 4 is 31.6 Å². The van der Waals surface area contributed by atoms with Gasteiger partial charge in [0.1, 0.15) is 4.66 Å². The summed E-state index contributed by atoms with van der Waals surface area (Å²) in [5, 5.41) is 0. The smallest absolute Gasteiger partial charge is 0.242 e. The van der Waals surface area contributed by atoms with Crippen molar-refractivity contribution in [2.24, 2.45) is 0 Å². The fraction of sp³-hybridized carbons (Fsp3) is 0.333. The number of halogens is 1. The van der Waals surface area contributed by atoms with E-state index < -0.39 is 10.0 Å². The van der Waals surface area contributed by atoms with Crippen molar-refractivity contribution in [3.05, 3.63) is 29.3 Å². The van der Waals surface area contributed by atoms with Crippen molar-refractivity contribution in [3.63, 3.8) is 0 Å². The van der Waals surface area contributed by atoms with Gasteiger partial charge in [0.25, 0.3) is 0 Å². The molecule has 0 aliphatic rings. The van der Waals surface area contributed by atoms with Gasteiger partial charge in [0.05, 0.1) is 0 Å². The molecular formula is C9H12BrNO2S. The van der Waals surface area contributed by atoms with Crippen LogP contribution in [0.5, 0.6) is 0 Å². The van der Waals surface area contributed by atoms with Gasteiger partial charge in [-0.1, -0.05) is 22.0 Å².